The van der Waals surface area contributed by atoms with E-state index in [0.717, 1.165) is 5.56 Å². The minimum Gasteiger partial charge on any atom is -0.493 e. The number of aliphatic carboxylic acids is 1. The van der Waals surface area contributed by atoms with Crippen LogP contribution >= 0.6 is 11.6 Å². The van der Waals surface area contributed by atoms with Crippen LogP contribution < -0.4 is 14.8 Å². The zero-order valence-electron chi connectivity index (χ0n) is 14.9. The number of halogens is 1. The molecule has 0 radical (unpaired) electrons. The van der Waals surface area contributed by atoms with Crippen LogP contribution in [0.2, 0.25) is 5.02 Å². The van der Waals surface area contributed by atoms with Gasteiger partial charge in [-0.25, -0.2) is 4.79 Å². The van der Waals surface area contributed by atoms with Crippen molar-refractivity contribution in [1.82, 2.24) is 5.32 Å². The number of rotatable bonds is 8. The number of nitrogens with zero attached hydrogens (tertiary/aromatic N) is 1. The van der Waals surface area contributed by atoms with Gasteiger partial charge in [0.25, 0.3) is 5.91 Å². The van der Waals surface area contributed by atoms with Gasteiger partial charge in [-0.3, -0.25) is 4.79 Å². The van der Waals surface area contributed by atoms with Gasteiger partial charge in [-0.05, 0) is 29.3 Å². The Bertz CT molecular complexity index is 936. The molecule has 0 saturated heterocycles. The van der Waals surface area contributed by atoms with Crippen LogP contribution in [0.25, 0.3) is 6.08 Å². The molecule has 0 aliphatic rings. The third-order valence-corrected chi connectivity index (χ3v) is 3.84. The number of carbonyl (C=O) groups is 2. The number of carboxylic acids is 1. The number of hydrogen-bond donors (Lipinski definition) is 2. The summed E-state index contributed by atoms with van der Waals surface area (Å²) in [5, 5.41) is 20.8. The normalized spacial score (nSPS) is 10.7. The second-order valence-corrected chi connectivity index (χ2v) is 5.96. The Labute approximate surface area is 166 Å². The number of carboxylic acid groups (broad SMARTS) is 1. The zero-order chi connectivity index (χ0) is 20.5. The average Bonchev–Trinajstić information content (AvgIpc) is 2.69. The van der Waals surface area contributed by atoms with Crippen LogP contribution in [0.1, 0.15) is 11.1 Å². The molecule has 0 atom stereocenters. The summed E-state index contributed by atoms with van der Waals surface area (Å²) >= 11 is 6.13. The third-order valence-electron chi connectivity index (χ3n) is 3.56. The van der Waals surface area contributed by atoms with Crippen molar-refractivity contribution in [2.45, 2.75) is 6.54 Å². The number of ether oxygens (including phenoxy) is 2. The lowest BCUT2D eigenvalue weighted by Crippen LogP contribution is -2.23. The Kier molecular flexibility index (Phi) is 7.43. The molecule has 2 aromatic rings. The largest absolute Gasteiger partial charge is 0.493 e. The summed E-state index contributed by atoms with van der Waals surface area (Å²) in [6.07, 6.45) is 1.36. The summed E-state index contributed by atoms with van der Waals surface area (Å²) in [7, 11) is 1.37. The molecule has 144 valence electrons. The zero-order valence-corrected chi connectivity index (χ0v) is 15.7. The molecule has 2 aromatic carbocycles. The number of amides is 1. The lowest BCUT2D eigenvalue weighted by Gasteiger charge is -2.12. The van der Waals surface area contributed by atoms with Crippen molar-refractivity contribution in [2.24, 2.45) is 0 Å². The maximum atomic E-state index is 12.3. The molecule has 28 heavy (non-hydrogen) atoms. The van der Waals surface area contributed by atoms with Crippen LogP contribution in [0.3, 0.4) is 0 Å². The van der Waals surface area contributed by atoms with Crippen LogP contribution in [0.15, 0.2) is 48.0 Å². The first kappa shape index (κ1) is 20.8. The van der Waals surface area contributed by atoms with Crippen molar-refractivity contribution < 1.29 is 24.2 Å². The fourth-order valence-electron chi connectivity index (χ4n) is 2.29. The van der Waals surface area contributed by atoms with E-state index in [1.54, 1.807) is 0 Å². The molecule has 0 bridgehead atoms. The maximum absolute atomic E-state index is 12.3. The second-order valence-electron chi connectivity index (χ2n) is 5.55. The highest BCUT2D eigenvalue weighted by Crippen LogP contribution is 2.37. The molecular formula is C20H17ClN2O5. The molecule has 0 saturated carbocycles. The SMILES string of the molecule is COc1cc(C=C(C#N)C(=O)NCc2ccccc2)cc(Cl)c1OCC(=O)O. The minimum atomic E-state index is -1.16. The van der Waals surface area contributed by atoms with Gasteiger partial charge in [0.05, 0.1) is 12.1 Å². The predicted molar refractivity (Wildman–Crippen MR) is 103 cm³/mol. The van der Waals surface area contributed by atoms with Crippen molar-refractivity contribution in [3.63, 3.8) is 0 Å². The van der Waals surface area contributed by atoms with Gasteiger partial charge in [-0.15, -0.1) is 0 Å². The molecule has 1 amide bonds. The van der Waals surface area contributed by atoms with Crippen molar-refractivity contribution in [1.29, 1.82) is 5.26 Å². The predicted octanol–water partition coefficient (Wildman–Crippen LogP) is 3.04. The van der Waals surface area contributed by atoms with E-state index in [2.05, 4.69) is 5.32 Å². The first-order valence-corrected chi connectivity index (χ1v) is 8.48. The van der Waals surface area contributed by atoms with Crippen LogP contribution in [-0.4, -0.2) is 30.7 Å². The summed E-state index contributed by atoms with van der Waals surface area (Å²) in [6.45, 7) is -0.304. The topological polar surface area (TPSA) is 109 Å². The smallest absolute Gasteiger partial charge is 0.341 e. The van der Waals surface area contributed by atoms with E-state index >= 15 is 0 Å². The molecule has 2 rings (SSSR count). The molecule has 0 spiro atoms. The number of hydrogen-bond acceptors (Lipinski definition) is 5. The number of nitriles is 1. The number of benzene rings is 2. The summed E-state index contributed by atoms with van der Waals surface area (Å²) < 4.78 is 10.3. The molecular weight excluding hydrogens is 384 g/mol. The quantitative estimate of drug-likeness (QED) is 0.520. The molecule has 0 unspecified atom stereocenters. The van der Waals surface area contributed by atoms with E-state index in [1.807, 2.05) is 36.4 Å². The standard InChI is InChI=1S/C20H17ClN2O5/c1-27-17-9-14(8-16(21)19(17)28-12-18(24)25)7-15(10-22)20(26)23-11-13-5-3-2-4-6-13/h2-9H,11-12H2,1H3,(H,23,26)(H,24,25). The van der Waals surface area contributed by atoms with E-state index in [1.165, 1.54) is 25.3 Å². The highest BCUT2D eigenvalue weighted by molar-refractivity contribution is 6.32. The van der Waals surface area contributed by atoms with Crippen LogP contribution in [-0.2, 0) is 16.1 Å². The Balaban J connectivity index is 2.20. The van der Waals surface area contributed by atoms with Crippen molar-refractivity contribution in [3.8, 4) is 17.6 Å². The van der Waals surface area contributed by atoms with Gasteiger partial charge < -0.3 is 19.9 Å². The summed E-state index contributed by atoms with van der Waals surface area (Å²) in [6, 6.07) is 14.1. The van der Waals surface area contributed by atoms with Crippen LogP contribution in [0.5, 0.6) is 11.5 Å². The Morgan fingerprint density at radius 3 is 2.61 bits per heavy atom. The highest BCUT2D eigenvalue weighted by atomic mass is 35.5. The van der Waals surface area contributed by atoms with Crippen molar-refractivity contribution >= 4 is 29.6 Å². The molecule has 0 fully saturated rings. The third kappa shape index (κ3) is 5.76. The monoisotopic (exact) mass is 400 g/mol. The Hall–Kier alpha value is -3.50. The fourth-order valence-corrected chi connectivity index (χ4v) is 2.56. The summed E-state index contributed by atoms with van der Waals surface area (Å²) in [5.74, 6) is -1.45. The van der Waals surface area contributed by atoms with E-state index in [0.29, 0.717) is 5.56 Å². The first-order valence-electron chi connectivity index (χ1n) is 8.10. The van der Waals surface area contributed by atoms with Gasteiger partial charge in [-0.1, -0.05) is 41.9 Å². The van der Waals surface area contributed by atoms with E-state index in [4.69, 9.17) is 26.2 Å². The van der Waals surface area contributed by atoms with E-state index in [-0.39, 0.29) is 28.6 Å². The first-order chi connectivity index (χ1) is 13.4. The van der Waals surface area contributed by atoms with Crippen molar-refractivity contribution in [3.05, 3.63) is 64.2 Å². The van der Waals surface area contributed by atoms with Gasteiger partial charge in [-0.2, -0.15) is 5.26 Å². The number of carbonyl (C=O) groups excluding carboxylic acids is 1. The van der Waals surface area contributed by atoms with Crippen LogP contribution in [0.4, 0.5) is 0 Å². The van der Waals surface area contributed by atoms with Crippen molar-refractivity contribution in [2.75, 3.05) is 13.7 Å². The Morgan fingerprint density at radius 2 is 2.00 bits per heavy atom. The molecule has 0 heterocycles. The molecule has 8 heteroatoms. The molecule has 0 aliphatic carbocycles. The molecule has 7 nitrogen and oxygen atoms in total. The Morgan fingerprint density at radius 1 is 1.29 bits per heavy atom. The maximum Gasteiger partial charge on any atom is 0.341 e. The minimum absolute atomic E-state index is 0.0655. The van der Waals surface area contributed by atoms with E-state index in [9.17, 15) is 14.9 Å². The van der Waals surface area contributed by atoms with Gasteiger partial charge in [0, 0.05) is 6.54 Å². The lowest BCUT2D eigenvalue weighted by atomic mass is 10.1. The summed E-state index contributed by atoms with van der Waals surface area (Å²) in [5.41, 5.74) is 1.21. The lowest BCUT2D eigenvalue weighted by molar-refractivity contribution is -0.139. The van der Waals surface area contributed by atoms with Gasteiger partial charge in [0.2, 0.25) is 0 Å². The number of nitrogens with one attached hydrogen (secondary N) is 1. The summed E-state index contributed by atoms with van der Waals surface area (Å²) in [4.78, 5) is 23.0. The molecule has 0 aliphatic heterocycles. The average molecular weight is 401 g/mol. The van der Waals surface area contributed by atoms with Gasteiger partial charge in [0.1, 0.15) is 11.6 Å². The highest BCUT2D eigenvalue weighted by Gasteiger charge is 2.15. The van der Waals surface area contributed by atoms with Crippen LogP contribution in [0, 0.1) is 11.3 Å². The van der Waals surface area contributed by atoms with Gasteiger partial charge in [0.15, 0.2) is 18.1 Å². The second kappa shape index (κ2) is 10.00. The van der Waals surface area contributed by atoms with E-state index < -0.39 is 18.5 Å². The molecule has 2 N–H and O–H groups in total. The van der Waals surface area contributed by atoms with Gasteiger partial charge >= 0.3 is 5.97 Å². The number of methoxy groups -OCH3 is 1. The fraction of sp³-hybridized carbons (Fsp3) is 0.150. The molecule has 0 aromatic heterocycles.